The zero-order valence-electron chi connectivity index (χ0n) is 5.54. The predicted molar refractivity (Wildman–Crippen MR) is 44.9 cm³/mol. The first kappa shape index (κ1) is 8.00. The van der Waals surface area contributed by atoms with E-state index in [4.69, 9.17) is 11.5 Å². The number of primary amides is 1. The molecular formula is C6H6BrN3O. The van der Waals surface area contributed by atoms with Gasteiger partial charge in [0.1, 0.15) is 0 Å². The highest BCUT2D eigenvalue weighted by molar-refractivity contribution is 9.10. The Morgan fingerprint density at radius 2 is 2.27 bits per heavy atom. The van der Waals surface area contributed by atoms with Crippen LogP contribution in [0.5, 0.6) is 0 Å². The average molecular weight is 216 g/mol. The Balaban J connectivity index is 3.27. The average Bonchev–Trinajstić information content (AvgIpc) is 1.94. The van der Waals surface area contributed by atoms with Crippen molar-refractivity contribution in [2.45, 2.75) is 0 Å². The zero-order chi connectivity index (χ0) is 8.43. The van der Waals surface area contributed by atoms with E-state index in [1.807, 2.05) is 0 Å². The maximum atomic E-state index is 10.6. The van der Waals surface area contributed by atoms with Crippen LogP contribution < -0.4 is 11.5 Å². The van der Waals surface area contributed by atoms with Crippen LogP contribution in [0.25, 0.3) is 0 Å². The van der Waals surface area contributed by atoms with Crippen molar-refractivity contribution >= 4 is 27.5 Å². The van der Waals surface area contributed by atoms with E-state index in [2.05, 4.69) is 20.9 Å². The van der Waals surface area contributed by atoms with Crippen molar-refractivity contribution in [2.24, 2.45) is 5.73 Å². The lowest BCUT2D eigenvalue weighted by atomic mass is 10.3. The number of pyridine rings is 1. The normalized spacial score (nSPS) is 9.55. The number of nitrogens with two attached hydrogens (primary N) is 2. The molecule has 0 unspecified atom stereocenters. The molecule has 5 heteroatoms. The standard InChI is InChI=1S/C6H6BrN3O/c7-3-1-2-10-5(4(3)8)6(9)11/h1-2H,8H2,(H2,9,11). The minimum absolute atomic E-state index is 0.0966. The number of carbonyl (C=O) groups excluding carboxylic acids is 1. The van der Waals surface area contributed by atoms with Gasteiger partial charge in [-0.05, 0) is 22.0 Å². The molecule has 0 spiro atoms. The molecule has 0 aliphatic carbocycles. The van der Waals surface area contributed by atoms with Crippen molar-refractivity contribution < 1.29 is 4.79 Å². The fraction of sp³-hybridized carbons (Fsp3) is 0. The van der Waals surface area contributed by atoms with E-state index in [1.165, 1.54) is 6.20 Å². The molecule has 0 saturated heterocycles. The third kappa shape index (κ3) is 1.48. The van der Waals surface area contributed by atoms with Crippen molar-refractivity contribution in [1.29, 1.82) is 0 Å². The number of rotatable bonds is 1. The first-order valence-corrected chi connectivity index (χ1v) is 3.62. The lowest BCUT2D eigenvalue weighted by Gasteiger charge is -2.00. The van der Waals surface area contributed by atoms with Crippen LogP contribution in [0.15, 0.2) is 16.7 Å². The van der Waals surface area contributed by atoms with E-state index in [0.717, 1.165) is 0 Å². The molecule has 0 aliphatic rings. The second-order valence-corrected chi connectivity index (χ2v) is 2.77. The third-order valence-corrected chi connectivity index (χ3v) is 1.86. The topological polar surface area (TPSA) is 82.0 Å². The quantitative estimate of drug-likeness (QED) is 0.717. The first-order chi connectivity index (χ1) is 5.13. The van der Waals surface area contributed by atoms with Crippen LogP contribution in [-0.4, -0.2) is 10.9 Å². The lowest BCUT2D eigenvalue weighted by Crippen LogP contribution is -2.15. The molecule has 0 aromatic carbocycles. The van der Waals surface area contributed by atoms with Crippen molar-refractivity contribution in [3.63, 3.8) is 0 Å². The minimum atomic E-state index is -0.621. The number of carbonyl (C=O) groups is 1. The summed E-state index contributed by atoms with van der Waals surface area (Å²) in [6.07, 6.45) is 1.46. The summed E-state index contributed by atoms with van der Waals surface area (Å²) in [6, 6.07) is 1.64. The van der Waals surface area contributed by atoms with Crippen molar-refractivity contribution in [1.82, 2.24) is 4.98 Å². The van der Waals surface area contributed by atoms with Gasteiger partial charge in [0.05, 0.1) is 5.69 Å². The number of nitrogens with zero attached hydrogens (tertiary/aromatic N) is 1. The Bertz CT molecular complexity index is 300. The van der Waals surface area contributed by atoms with Gasteiger partial charge in [-0.15, -0.1) is 0 Å². The van der Waals surface area contributed by atoms with Crippen LogP contribution >= 0.6 is 15.9 Å². The van der Waals surface area contributed by atoms with E-state index in [-0.39, 0.29) is 11.4 Å². The van der Waals surface area contributed by atoms with Gasteiger partial charge in [0, 0.05) is 10.7 Å². The summed E-state index contributed by atoms with van der Waals surface area (Å²) in [5.74, 6) is -0.621. The molecule has 0 fully saturated rings. The molecule has 4 N–H and O–H groups in total. The molecule has 0 bridgehead atoms. The highest BCUT2D eigenvalue weighted by Crippen LogP contribution is 2.20. The Morgan fingerprint density at radius 1 is 1.64 bits per heavy atom. The molecule has 58 valence electrons. The van der Waals surface area contributed by atoms with Crippen molar-refractivity contribution in [3.05, 3.63) is 22.4 Å². The van der Waals surface area contributed by atoms with Gasteiger partial charge in [0.2, 0.25) is 0 Å². The molecule has 1 rings (SSSR count). The minimum Gasteiger partial charge on any atom is -0.396 e. The number of hydrogen-bond donors (Lipinski definition) is 2. The maximum absolute atomic E-state index is 10.6. The van der Waals surface area contributed by atoms with Crippen LogP contribution in [0.1, 0.15) is 10.5 Å². The van der Waals surface area contributed by atoms with Crippen LogP contribution in [0.2, 0.25) is 0 Å². The molecular weight excluding hydrogens is 210 g/mol. The van der Waals surface area contributed by atoms with Crippen LogP contribution in [0.3, 0.4) is 0 Å². The first-order valence-electron chi connectivity index (χ1n) is 2.82. The van der Waals surface area contributed by atoms with E-state index in [0.29, 0.717) is 4.47 Å². The zero-order valence-corrected chi connectivity index (χ0v) is 7.13. The molecule has 0 atom stereocenters. The Morgan fingerprint density at radius 3 is 2.73 bits per heavy atom. The van der Waals surface area contributed by atoms with Gasteiger partial charge in [-0.3, -0.25) is 4.79 Å². The predicted octanol–water partition coefficient (Wildman–Crippen LogP) is 0.525. The Kier molecular flexibility index (Phi) is 2.09. The number of halogens is 1. The van der Waals surface area contributed by atoms with Gasteiger partial charge < -0.3 is 11.5 Å². The number of hydrogen-bond acceptors (Lipinski definition) is 3. The largest absolute Gasteiger partial charge is 0.396 e. The van der Waals surface area contributed by atoms with Gasteiger partial charge in [0.25, 0.3) is 5.91 Å². The monoisotopic (exact) mass is 215 g/mol. The summed E-state index contributed by atoms with van der Waals surface area (Å²) >= 11 is 3.14. The highest BCUT2D eigenvalue weighted by atomic mass is 79.9. The van der Waals surface area contributed by atoms with Crippen molar-refractivity contribution in [2.75, 3.05) is 5.73 Å². The second-order valence-electron chi connectivity index (χ2n) is 1.92. The second kappa shape index (κ2) is 2.87. The van der Waals surface area contributed by atoms with Crippen LogP contribution in [0, 0.1) is 0 Å². The fourth-order valence-corrected chi connectivity index (χ4v) is 0.952. The lowest BCUT2D eigenvalue weighted by molar-refractivity contribution is 0.0996. The number of aromatic nitrogens is 1. The molecule has 1 aromatic rings. The van der Waals surface area contributed by atoms with Gasteiger partial charge in [0.15, 0.2) is 5.69 Å². The smallest absolute Gasteiger partial charge is 0.269 e. The fourth-order valence-electron chi connectivity index (χ4n) is 0.646. The van der Waals surface area contributed by atoms with E-state index >= 15 is 0 Å². The number of amides is 1. The van der Waals surface area contributed by atoms with Gasteiger partial charge in [-0.2, -0.15) is 0 Å². The Labute approximate surface area is 71.7 Å². The number of anilines is 1. The Hall–Kier alpha value is -1.10. The highest BCUT2D eigenvalue weighted by Gasteiger charge is 2.08. The van der Waals surface area contributed by atoms with Crippen LogP contribution in [0.4, 0.5) is 5.69 Å². The van der Waals surface area contributed by atoms with Gasteiger partial charge in [-0.1, -0.05) is 0 Å². The summed E-state index contributed by atoms with van der Waals surface area (Å²) < 4.78 is 0.626. The molecule has 0 saturated carbocycles. The molecule has 4 nitrogen and oxygen atoms in total. The summed E-state index contributed by atoms with van der Waals surface area (Å²) in [7, 11) is 0. The van der Waals surface area contributed by atoms with E-state index in [9.17, 15) is 4.79 Å². The van der Waals surface area contributed by atoms with Gasteiger partial charge in [-0.25, -0.2) is 4.98 Å². The summed E-state index contributed by atoms with van der Waals surface area (Å²) in [4.78, 5) is 14.3. The molecule has 0 aliphatic heterocycles. The summed E-state index contributed by atoms with van der Waals surface area (Å²) in [5, 5.41) is 0. The van der Waals surface area contributed by atoms with E-state index in [1.54, 1.807) is 6.07 Å². The van der Waals surface area contributed by atoms with Crippen molar-refractivity contribution in [3.8, 4) is 0 Å². The molecule has 1 aromatic heterocycles. The van der Waals surface area contributed by atoms with E-state index < -0.39 is 5.91 Å². The van der Waals surface area contributed by atoms with Crippen LogP contribution in [-0.2, 0) is 0 Å². The molecule has 11 heavy (non-hydrogen) atoms. The molecule has 1 heterocycles. The third-order valence-electron chi connectivity index (χ3n) is 1.17. The number of nitrogen functional groups attached to an aromatic ring is 1. The summed E-state index contributed by atoms with van der Waals surface area (Å²) in [6.45, 7) is 0. The molecule has 0 radical (unpaired) electrons. The maximum Gasteiger partial charge on any atom is 0.269 e. The molecule has 1 amide bonds. The summed E-state index contributed by atoms with van der Waals surface area (Å²) in [5.41, 5.74) is 10.8. The SMILES string of the molecule is NC(=O)c1nccc(Br)c1N. The van der Waals surface area contributed by atoms with Gasteiger partial charge >= 0.3 is 0 Å².